The average Bonchev–Trinajstić information content (AvgIpc) is 2.75. The first-order chi connectivity index (χ1) is 9.04. The zero-order valence-electron chi connectivity index (χ0n) is 10.6. The van der Waals surface area contributed by atoms with Crippen LogP contribution in [0.4, 0.5) is 5.88 Å². The molecule has 0 atom stereocenters. The summed E-state index contributed by atoms with van der Waals surface area (Å²) in [6.07, 6.45) is 0. The van der Waals surface area contributed by atoms with Gasteiger partial charge in [0.25, 0.3) is 0 Å². The van der Waals surface area contributed by atoms with Gasteiger partial charge in [-0.1, -0.05) is 17.7 Å². The minimum absolute atomic E-state index is 0.0174. The Hall–Kier alpha value is -2.01. The van der Waals surface area contributed by atoms with Crippen molar-refractivity contribution in [1.82, 2.24) is 4.98 Å². The van der Waals surface area contributed by atoms with Crippen molar-refractivity contribution in [3.63, 3.8) is 0 Å². The molecular formula is C13H13ClN2O3. The Morgan fingerprint density at radius 3 is 2.95 bits per heavy atom. The maximum Gasteiger partial charge on any atom is 0.362 e. The van der Waals surface area contributed by atoms with E-state index in [9.17, 15) is 4.79 Å². The number of hydrogen-bond acceptors (Lipinski definition) is 5. The van der Waals surface area contributed by atoms with Crippen molar-refractivity contribution in [2.45, 2.75) is 13.8 Å². The van der Waals surface area contributed by atoms with E-state index in [2.05, 4.69) is 4.98 Å². The fourth-order valence-electron chi connectivity index (χ4n) is 1.63. The van der Waals surface area contributed by atoms with E-state index in [-0.39, 0.29) is 24.1 Å². The van der Waals surface area contributed by atoms with Crippen molar-refractivity contribution in [1.29, 1.82) is 0 Å². The van der Waals surface area contributed by atoms with Crippen LogP contribution >= 0.6 is 11.6 Å². The fraction of sp³-hybridized carbons (Fsp3) is 0.231. The first-order valence-corrected chi connectivity index (χ1v) is 6.11. The highest BCUT2D eigenvalue weighted by molar-refractivity contribution is 6.31. The summed E-state index contributed by atoms with van der Waals surface area (Å²) in [7, 11) is 0. The molecule has 1 heterocycles. The average molecular weight is 281 g/mol. The van der Waals surface area contributed by atoms with Crippen LogP contribution in [0.3, 0.4) is 0 Å². The van der Waals surface area contributed by atoms with E-state index in [4.69, 9.17) is 26.5 Å². The molecule has 19 heavy (non-hydrogen) atoms. The molecule has 0 aliphatic carbocycles. The Morgan fingerprint density at radius 2 is 2.26 bits per heavy atom. The molecule has 0 aliphatic rings. The maximum absolute atomic E-state index is 11.6. The van der Waals surface area contributed by atoms with Gasteiger partial charge in [-0.2, -0.15) is 4.98 Å². The van der Waals surface area contributed by atoms with Gasteiger partial charge in [0, 0.05) is 10.6 Å². The quantitative estimate of drug-likeness (QED) is 0.874. The van der Waals surface area contributed by atoms with E-state index in [0.29, 0.717) is 10.6 Å². The van der Waals surface area contributed by atoms with Crippen molar-refractivity contribution < 1.29 is 13.9 Å². The largest absolute Gasteiger partial charge is 0.461 e. The van der Waals surface area contributed by atoms with Gasteiger partial charge in [0.05, 0.1) is 6.61 Å². The molecule has 5 nitrogen and oxygen atoms in total. The number of carbonyl (C=O) groups excluding carboxylic acids is 1. The third-order valence-corrected chi connectivity index (χ3v) is 3.03. The molecule has 0 spiro atoms. The van der Waals surface area contributed by atoms with Crippen LogP contribution in [0, 0.1) is 6.92 Å². The molecule has 2 rings (SSSR count). The van der Waals surface area contributed by atoms with Gasteiger partial charge in [-0.05, 0) is 31.5 Å². The van der Waals surface area contributed by atoms with Crippen molar-refractivity contribution in [3.05, 3.63) is 34.5 Å². The van der Waals surface area contributed by atoms with Crippen LogP contribution in [0.2, 0.25) is 5.02 Å². The number of esters is 1. The van der Waals surface area contributed by atoms with Crippen molar-refractivity contribution in [3.8, 4) is 11.5 Å². The first kappa shape index (κ1) is 13.4. The molecule has 0 radical (unpaired) electrons. The number of halogens is 1. The monoisotopic (exact) mass is 280 g/mol. The number of nitrogens with two attached hydrogens (primary N) is 1. The molecule has 1 aromatic heterocycles. The third-order valence-electron chi connectivity index (χ3n) is 2.62. The number of benzene rings is 1. The van der Waals surface area contributed by atoms with E-state index >= 15 is 0 Å². The predicted molar refractivity (Wildman–Crippen MR) is 72.1 cm³/mol. The standard InChI is InChI=1S/C13H13ClN2O3/c1-3-18-13(17)10-11(15)19-12(16-10)8-5-4-6-9(14)7(8)2/h4-6H,3,15H2,1-2H3. The highest BCUT2D eigenvalue weighted by atomic mass is 35.5. The summed E-state index contributed by atoms with van der Waals surface area (Å²) in [5, 5.41) is 0.590. The summed E-state index contributed by atoms with van der Waals surface area (Å²) in [6, 6.07) is 5.33. The maximum atomic E-state index is 11.6. The number of ether oxygens (including phenoxy) is 1. The number of carbonyl (C=O) groups is 1. The number of rotatable bonds is 3. The minimum atomic E-state index is -0.602. The molecule has 0 amide bonds. The SMILES string of the molecule is CCOC(=O)c1nc(-c2cccc(Cl)c2C)oc1N. The van der Waals surface area contributed by atoms with Gasteiger partial charge in [-0.3, -0.25) is 0 Å². The summed E-state index contributed by atoms with van der Waals surface area (Å²) >= 11 is 6.03. The lowest BCUT2D eigenvalue weighted by Gasteiger charge is -2.02. The van der Waals surface area contributed by atoms with Crippen LogP contribution in [-0.4, -0.2) is 17.6 Å². The second kappa shape index (κ2) is 5.32. The highest BCUT2D eigenvalue weighted by Crippen LogP contribution is 2.30. The normalized spacial score (nSPS) is 10.5. The molecule has 0 saturated carbocycles. The second-order valence-corrected chi connectivity index (χ2v) is 4.27. The molecule has 1 aromatic carbocycles. The van der Waals surface area contributed by atoms with Crippen molar-refractivity contribution in [2.75, 3.05) is 12.3 Å². The number of anilines is 1. The van der Waals surface area contributed by atoms with E-state index in [1.165, 1.54) is 0 Å². The molecular weight excluding hydrogens is 268 g/mol. The molecule has 0 fully saturated rings. The molecule has 100 valence electrons. The molecule has 2 aromatic rings. The highest BCUT2D eigenvalue weighted by Gasteiger charge is 2.21. The lowest BCUT2D eigenvalue weighted by Crippen LogP contribution is -2.07. The summed E-state index contributed by atoms with van der Waals surface area (Å²) in [5.74, 6) is -0.414. The van der Waals surface area contributed by atoms with Gasteiger partial charge in [-0.15, -0.1) is 0 Å². The summed E-state index contributed by atoms with van der Waals surface area (Å²) in [4.78, 5) is 15.7. The topological polar surface area (TPSA) is 78.3 Å². The molecule has 0 unspecified atom stereocenters. The van der Waals surface area contributed by atoms with Gasteiger partial charge >= 0.3 is 5.97 Å². The summed E-state index contributed by atoms with van der Waals surface area (Å²) in [6.45, 7) is 3.79. The smallest absolute Gasteiger partial charge is 0.362 e. The van der Waals surface area contributed by atoms with Crippen LogP contribution in [0.1, 0.15) is 23.0 Å². The predicted octanol–water partition coefficient (Wildman–Crippen LogP) is 3.06. The van der Waals surface area contributed by atoms with Crippen LogP contribution in [0.5, 0.6) is 0 Å². The first-order valence-electron chi connectivity index (χ1n) is 5.73. The number of nitrogens with zero attached hydrogens (tertiary/aromatic N) is 1. The second-order valence-electron chi connectivity index (χ2n) is 3.86. The number of hydrogen-bond donors (Lipinski definition) is 1. The van der Waals surface area contributed by atoms with E-state index in [1.807, 2.05) is 6.92 Å². The minimum Gasteiger partial charge on any atom is -0.461 e. The summed E-state index contributed by atoms with van der Waals surface area (Å²) < 4.78 is 10.2. The lowest BCUT2D eigenvalue weighted by molar-refractivity contribution is 0.0521. The van der Waals surface area contributed by atoms with Gasteiger partial charge in [0.1, 0.15) is 0 Å². The molecule has 6 heteroatoms. The third kappa shape index (κ3) is 2.56. The Labute approximate surface area is 115 Å². The Balaban J connectivity index is 2.45. The zero-order chi connectivity index (χ0) is 14.0. The van der Waals surface area contributed by atoms with E-state index in [0.717, 1.165) is 5.56 Å². The lowest BCUT2D eigenvalue weighted by atomic mass is 10.1. The van der Waals surface area contributed by atoms with Gasteiger partial charge in [0.15, 0.2) is 0 Å². The van der Waals surface area contributed by atoms with Gasteiger partial charge in [-0.25, -0.2) is 4.79 Å². The van der Waals surface area contributed by atoms with Crippen LogP contribution < -0.4 is 5.73 Å². The molecule has 0 aliphatic heterocycles. The van der Waals surface area contributed by atoms with Gasteiger partial charge < -0.3 is 14.9 Å². The van der Waals surface area contributed by atoms with Crippen LogP contribution in [0.15, 0.2) is 22.6 Å². The van der Waals surface area contributed by atoms with Crippen molar-refractivity contribution in [2.24, 2.45) is 0 Å². The fourth-order valence-corrected chi connectivity index (χ4v) is 1.81. The number of oxazole rings is 1. The van der Waals surface area contributed by atoms with Crippen LogP contribution in [-0.2, 0) is 4.74 Å². The number of aromatic nitrogens is 1. The molecule has 2 N–H and O–H groups in total. The Bertz CT molecular complexity index is 622. The van der Waals surface area contributed by atoms with E-state index < -0.39 is 5.97 Å². The zero-order valence-corrected chi connectivity index (χ0v) is 11.3. The Kier molecular flexibility index (Phi) is 3.76. The summed E-state index contributed by atoms with van der Waals surface area (Å²) in [5.41, 5.74) is 7.11. The molecule has 0 saturated heterocycles. The Morgan fingerprint density at radius 1 is 1.53 bits per heavy atom. The van der Waals surface area contributed by atoms with Gasteiger partial charge in [0.2, 0.25) is 17.5 Å². The van der Waals surface area contributed by atoms with E-state index in [1.54, 1.807) is 25.1 Å². The number of nitrogen functional groups attached to an aromatic ring is 1. The van der Waals surface area contributed by atoms with Crippen molar-refractivity contribution >= 4 is 23.5 Å². The van der Waals surface area contributed by atoms with Crippen LogP contribution in [0.25, 0.3) is 11.5 Å². The molecule has 0 bridgehead atoms.